The Kier molecular flexibility index (Phi) is 10.2. The normalized spacial score (nSPS) is 12.2. The second kappa shape index (κ2) is 15.1. The zero-order valence-electron chi connectivity index (χ0n) is 29.8. The lowest BCUT2D eigenvalue weighted by molar-refractivity contribution is -0.435. The van der Waals surface area contributed by atoms with Crippen LogP contribution >= 0.6 is 0 Å². The van der Waals surface area contributed by atoms with Crippen molar-refractivity contribution in [2.45, 2.75) is 34.6 Å². The average molecular weight is 691 g/mol. The maximum Gasteiger partial charge on any atom is 0.245 e. The van der Waals surface area contributed by atoms with Gasteiger partial charge >= 0.3 is 0 Å². The van der Waals surface area contributed by atoms with E-state index < -0.39 is 0 Å². The molecule has 0 fully saturated rings. The number of hydrogen-bond donors (Lipinski definition) is 2. The molecule has 0 atom stereocenters. The highest BCUT2D eigenvalue weighted by Gasteiger charge is 2.11. The Labute approximate surface area is 302 Å². The minimum Gasteiger partial charge on any atom is -0.594 e. The van der Waals surface area contributed by atoms with E-state index in [1.807, 2.05) is 95.3 Å². The lowest BCUT2D eigenvalue weighted by atomic mass is 10.0. The average Bonchev–Trinajstić information content (AvgIpc) is 3.11. The molecule has 0 aromatic heterocycles. The fourth-order valence-electron chi connectivity index (χ4n) is 5.83. The summed E-state index contributed by atoms with van der Waals surface area (Å²) in [6.07, 6.45) is 3.88. The SMILES string of the molecule is COc1cc(N=[N+]([O-])c2ccc(N=Nc3cc(C)c(O)c(C)c3)c(C)c2)ccc1C=Cc1ccc(N=Nc2cc(C)cc3cc(C)cc(O)c23)cc1. The zero-order chi connectivity index (χ0) is 36.9. The van der Waals surface area contributed by atoms with Crippen LogP contribution in [0.1, 0.15) is 38.9 Å². The zero-order valence-corrected chi connectivity index (χ0v) is 29.8. The maximum absolute atomic E-state index is 13.0. The van der Waals surface area contributed by atoms with Crippen molar-refractivity contribution in [3.63, 3.8) is 0 Å². The molecule has 0 spiro atoms. The Morgan fingerprint density at radius 3 is 1.96 bits per heavy atom. The molecule has 0 bridgehead atoms. The Morgan fingerprint density at radius 2 is 1.27 bits per heavy atom. The number of phenols is 2. The van der Waals surface area contributed by atoms with Crippen molar-refractivity contribution in [1.29, 1.82) is 0 Å². The summed E-state index contributed by atoms with van der Waals surface area (Å²) in [5.74, 6) is 0.994. The summed E-state index contributed by atoms with van der Waals surface area (Å²) >= 11 is 0. The third-order valence-corrected chi connectivity index (χ3v) is 8.49. The smallest absolute Gasteiger partial charge is 0.245 e. The van der Waals surface area contributed by atoms with E-state index in [0.29, 0.717) is 50.1 Å². The molecule has 0 unspecified atom stereocenters. The van der Waals surface area contributed by atoms with E-state index in [1.165, 1.54) is 0 Å². The third-order valence-electron chi connectivity index (χ3n) is 8.49. The minimum atomic E-state index is 0.185. The summed E-state index contributed by atoms with van der Waals surface area (Å²) in [7, 11) is 1.57. The fraction of sp³-hybridized carbons (Fsp3) is 0.143. The second-order valence-corrected chi connectivity index (χ2v) is 12.7. The Balaban J connectivity index is 1.14. The van der Waals surface area contributed by atoms with Crippen molar-refractivity contribution >= 4 is 57.0 Å². The van der Waals surface area contributed by atoms with Crippen LogP contribution in [-0.2, 0) is 0 Å². The van der Waals surface area contributed by atoms with Crippen molar-refractivity contribution in [2.24, 2.45) is 25.6 Å². The van der Waals surface area contributed by atoms with Crippen LogP contribution < -0.4 is 4.74 Å². The van der Waals surface area contributed by atoms with Crippen LogP contribution in [0.3, 0.4) is 0 Å². The Hall–Kier alpha value is -6.68. The number of azo groups is 3. The van der Waals surface area contributed by atoms with E-state index in [1.54, 1.807) is 55.6 Å². The monoisotopic (exact) mass is 690 g/mol. The van der Waals surface area contributed by atoms with Gasteiger partial charge in [-0.05, 0) is 128 Å². The topological polar surface area (TPSA) is 138 Å². The van der Waals surface area contributed by atoms with Gasteiger partial charge in [0.15, 0.2) is 0 Å². The standard InChI is InChI=1S/C42H38N6O4/c1-25-17-32-18-26(2)20-39(49)41(32)38(19-25)46-43-33-12-8-30(9-13-33)7-10-31-11-14-34(24-40(31)52-6)47-48(51)36-15-16-37(27(3)23-36)45-44-35-21-28(4)42(50)29(5)22-35/h7-24,49-50H,1-6H3. The number of aromatic hydroxyl groups is 2. The van der Waals surface area contributed by atoms with E-state index in [2.05, 4.69) is 25.6 Å². The summed E-state index contributed by atoms with van der Waals surface area (Å²) in [6, 6.07) is 29.2. The van der Waals surface area contributed by atoms with Crippen LogP contribution in [0.4, 0.5) is 34.1 Å². The van der Waals surface area contributed by atoms with Gasteiger partial charge in [0.1, 0.15) is 22.9 Å². The molecule has 0 saturated heterocycles. The van der Waals surface area contributed by atoms with Gasteiger partial charge < -0.3 is 20.2 Å². The molecule has 0 saturated carbocycles. The van der Waals surface area contributed by atoms with Gasteiger partial charge in [0.2, 0.25) is 5.69 Å². The Morgan fingerprint density at radius 1 is 0.615 bits per heavy atom. The van der Waals surface area contributed by atoms with Crippen LogP contribution in [0.5, 0.6) is 17.2 Å². The number of phenolic OH excluding ortho intramolecular Hbond substituents is 2. The number of rotatable bonds is 9. The van der Waals surface area contributed by atoms with E-state index in [9.17, 15) is 15.4 Å². The molecule has 52 heavy (non-hydrogen) atoms. The van der Waals surface area contributed by atoms with Gasteiger partial charge in [0.25, 0.3) is 0 Å². The summed E-state index contributed by atoms with van der Waals surface area (Å²) in [5.41, 5.74) is 9.30. The number of methoxy groups -OCH3 is 1. The van der Waals surface area contributed by atoms with Gasteiger partial charge in [-0.1, -0.05) is 41.3 Å². The molecule has 10 nitrogen and oxygen atoms in total. The summed E-state index contributed by atoms with van der Waals surface area (Å²) in [6.45, 7) is 9.42. The number of hydrogen-bond acceptors (Lipinski definition) is 9. The van der Waals surface area contributed by atoms with Crippen molar-refractivity contribution in [3.05, 3.63) is 141 Å². The molecule has 6 rings (SSSR count). The second-order valence-electron chi connectivity index (χ2n) is 12.7. The van der Waals surface area contributed by atoms with Crippen LogP contribution in [0.15, 0.2) is 123 Å². The van der Waals surface area contributed by atoms with E-state index >= 15 is 0 Å². The van der Waals surface area contributed by atoms with Gasteiger partial charge in [0, 0.05) is 28.9 Å². The molecule has 0 aliphatic heterocycles. The summed E-state index contributed by atoms with van der Waals surface area (Å²) in [5, 5.41) is 56.9. The van der Waals surface area contributed by atoms with Crippen molar-refractivity contribution in [2.75, 3.05) is 7.11 Å². The molecular weight excluding hydrogens is 653 g/mol. The number of benzene rings is 6. The third kappa shape index (κ3) is 8.03. The first-order valence-corrected chi connectivity index (χ1v) is 16.6. The highest BCUT2D eigenvalue weighted by atomic mass is 16.5. The first kappa shape index (κ1) is 35.2. The summed E-state index contributed by atoms with van der Waals surface area (Å²) < 4.78 is 5.61. The molecule has 10 heteroatoms. The van der Waals surface area contributed by atoms with Crippen LogP contribution in [0.25, 0.3) is 22.9 Å². The van der Waals surface area contributed by atoms with Crippen molar-refractivity contribution in [1.82, 2.24) is 0 Å². The molecule has 0 aliphatic carbocycles. The van der Waals surface area contributed by atoms with Crippen LogP contribution in [0.2, 0.25) is 0 Å². The van der Waals surface area contributed by atoms with Gasteiger partial charge in [-0.15, -0.1) is 5.11 Å². The van der Waals surface area contributed by atoms with E-state index in [4.69, 9.17) is 4.74 Å². The van der Waals surface area contributed by atoms with Gasteiger partial charge in [-0.3, -0.25) is 0 Å². The summed E-state index contributed by atoms with van der Waals surface area (Å²) in [4.78, 5) is 0.564. The molecule has 0 amide bonds. The molecule has 6 aromatic rings. The Bertz CT molecular complexity index is 2400. The van der Waals surface area contributed by atoms with Crippen LogP contribution in [-0.4, -0.2) is 22.2 Å². The van der Waals surface area contributed by atoms with Gasteiger partial charge in [-0.2, -0.15) is 15.3 Å². The molecule has 260 valence electrons. The maximum atomic E-state index is 13.0. The predicted molar refractivity (Wildman–Crippen MR) is 206 cm³/mol. The highest BCUT2D eigenvalue weighted by molar-refractivity contribution is 5.98. The quantitative estimate of drug-likeness (QED) is 0.0674. The van der Waals surface area contributed by atoms with E-state index in [0.717, 1.165) is 44.3 Å². The molecule has 6 aromatic carbocycles. The number of nitrogens with zero attached hydrogens (tertiary/aromatic N) is 6. The van der Waals surface area contributed by atoms with Crippen molar-refractivity contribution < 1.29 is 19.8 Å². The fourth-order valence-corrected chi connectivity index (χ4v) is 5.83. The number of ether oxygens (including phenoxy) is 1. The predicted octanol–water partition coefficient (Wildman–Crippen LogP) is 12.7. The van der Waals surface area contributed by atoms with Crippen LogP contribution in [0, 0.1) is 39.8 Å². The van der Waals surface area contributed by atoms with Gasteiger partial charge in [0.05, 0.1) is 35.2 Å². The van der Waals surface area contributed by atoms with Crippen molar-refractivity contribution in [3.8, 4) is 17.2 Å². The lowest BCUT2D eigenvalue weighted by Crippen LogP contribution is -1.92. The number of aryl methyl sites for hydroxylation is 5. The highest BCUT2D eigenvalue weighted by Crippen LogP contribution is 2.37. The molecule has 0 radical (unpaired) electrons. The first-order valence-electron chi connectivity index (χ1n) is 16.6. The van der Waals surface area contributed by atoms with E-state index in [-0.39, 0.29) is 11.5 Å². The van der Waals surface area contributed by atoms with Gasteiger partial charge in [-0.25, -0.2) is 0 Å². The molecule has 2 N–H and O–H groups in total. The molecule has 0 aliphatic rings. The number of fused-ring (bicyclic) bond motifs is 1. The largest absolute Gasteiger partial charge is 0.594 e. The molecular formula is C42H38N6O4. The first-order chi connectivity index (χ1) is 25.0. The minimum absolute atomic E-state index is 0.185. The lowest BCUT2D eigenvalue weighted by Gasteiger charge is -2.07. The molecule has 0 heterocycles.